The van der Waals surface area contributed by atoms with Crippen LogP contribution in [0.15, 0.2) is 121 Å². The molecule has 0 amide bonds. The summed E-state index contributed by atoms with van der Waals surface area (Å²) in [5.74, 6) is -0.385. The summed E-state index contributed by atoms with van der Waals surface area (Å²) in [5.41, 5.74) is 0.615. The summed E-state index contributed by atoms with van der Waals surface area (Å²) in [6.45, 7) is 0. The van der Waals surface area contributed by atoms with Crippen molar-refractivity contribution in [2.75, 3.05) is 0 Å². The van der Waals surface area contributed by atoms with Gasteiger partial charge in [0.05, 0.1) is 0 Å². The second-order valence-electron chi connectivity index (χ2n) is 7.54. The van der Waals surface area contributed by atoms with Crippen molar-refractivity contribution in [2.24, 2.45) is 0 Å². The van der Waals surface area contributed by atoms with Crippen LogP contribution in [0.2, 0.25) is 0 Å². The van der Waals surface area contributed by atoms with Crippen molar-refractivity contribution in [3.8, 4) is 0 Å². The molecule has 0 radical (unpaired) electrons. The van der Waals surface area contributed by atoms with Crippen LogP contribution in [-0.4, -0.2) is 30.5 Å². The molecule has 3 nitrogen and oxygen atoms in total. The summed E-state index contributed by atoms with van der Waals surface area (Å²) in [5, 5.41) is 0. The standard InChI is InChI=1S/C10H10O3.3C6H5.Sn/c11-9(6-7-10(12)13)8-4-2-1-3-5-8;3*1-2-4-6-5-3-1;/h1-5H,6-7H2,(H,12,13);3*1-5H;/q;;;;+1/p-1. The molecule has 0 bridgehead atoms. The summed E-state index contributed by atoms with van der Waals surface area (Å²) in [6, 6.07) is 39.2. The molecule has 4 heteroatoms. The molecular formula is C28H24O3Sn. The number of carbonyl (C=O) groups is 2. The van der Waals surface area contributed by atoms with Gasteiger partial charge in [-0.25, -0.2) is 0 Å². The average molecular weight is 527 g/mol. The Balaban J connectivity index is 1.69. The van der Waals surface area contributed by atoms with Gasteiger partial charge < -0.3 is 0 Å². The SMILES string of the molecule is O=C(CCC(=O)c1ccccc1)[O][Sn]([c]1ccccc1)([c]1ccccc1)[c]1ccccc1. The van der Waals surface area contributed by atoms with Gasteiger partial charge in [-0.05, 0) is 0 Å². The van der Waals surface area contributed by atoms with Crippen molar-refractivity contribution < 1.29 is 12.7 Å². The maximum absolute atomic E-state index is 13.2. The van der Waals surface area contributed by atoms with Crippen molar-refractivity contribution in [1.29, 1.82) is 0 Å². The van der Waals surface area contributed by atoms with Crippen molar-refractivity contribution in [2.45, 2.75) is 12.8 Å². The Bertz CT molecular complexity index is 1060. The van der Waals surface area contributed by atoms with Gasteiger partial charge in [-0.15, -0.1) is 0 Å². The molecule has 0 saturated carbocycles. The van der Waals surface area contributed by atoms with E-state index in [1.165, 1.54) is 0 Å². The molecule has 0 aliphatic rings. The number of Topliss-reactive ketones (excluding diaryl/α,β-unsaturated/α-hetero) is 1. The molecule has 0 spiro atoms. The first kappa shape index (κ1) is 22.0. The molecular weight excluding hydrogens is 503 g/mol. The molecule has 0 aromatic heterocycles. The molecule has 0 aliphatic heterocycles. The predicted molar refractivity (Wildman–Crippen MR) is 130 cm³/mol. The third kappa shape index (κ3) is 4.83. The van der Waals surface area contributed by atoms with E-state index in [4.69, 9.17) is 3.07 Å². The van der Waals surface area contributed by atoms with Gasteiger partial charge in [0.15, 0.2) is 0 Å². The summed E-state index contributed by atoms with van der Waals surface area (Å²) < 4.78 is 9.67. The van der Waals surface area contributed by atoms with E-state index in [0.717, 1.165) is 10.7 Å². The Morgan fingerprint density at radius 1 is 0.531 bits per heavy atom. The molecule has 4 aromatic rings. The van der Waals surface area contributed by atoms with Crippen molar-refractivity contribution in [1.82, 2.24) is 0 Å². The Morgan fingerprint density at radius 3 is 1.31 bits per heavy atom. The first-order valence-electron chi connectivity index (χ1n) is 10.7. The Hall–Kier alpha value is -3.18. The molecule has 0 unspecified atom stereocenters. The first-order valence-corrected chi connectivity index (χ1v) is 16.1. The molecule has 0 aliphatic carbocycles. The molecule has 158 valence electrons. The number of benzene rings is 4. The van der Waals surface area contributed by atoms with Crippen molar-refractivity contribution >= 4 is 41.3 Å². The van der Waals surface area contributed by atoms with Crippen LogP contribution in [0.5, 0.6) is 0 Å². The van der Waals surface area contributed by atoms with Crippen LogP contribution in [0, 0.1) is 0 Å². The van der Waals surface area contributed by atoms with E-state index >= 15 is 0 Å². The fraction of sp³-hybridized carbons (Fsp3) is 0.0714. The second kappa shape index (κ2) is 10.4. The van der Waals surface area contributed by atoms with E-state index < -0.39 is 18.8 Å². The van der Waals surface area contributed by atoms with Gasteiger partial charge in [-0.1, -0.05) is 0 Å². The minimum atomic E-state index is -4.12. The Kier molecular flexibility index (Phi) is 7.17. The van der Waals surface area contributed by atoms with E-state index in [1.54, 1.807) is 12.1 Å². The number of rotatable bonds is 8. The number of hydrogen-bond donors (Lipinski definition) is 0. The van der Waals surface area contributed by atoms with E-state index in [2.05, 4.69) is 36.4 Å². The van der Waals surface area contributed by atoms with Gasteiger partial charge in [0, 0.05) is 0 Å². The van der Waals surface area contributed by atoms with E-state index in [0.29, 0.717) is 5.56 Å². The van der Waals surface area contributed by atoms with Crippen LogP contribution in [-0.2, 0) is 7.87 Å². The van der Waals surface area contributed by atoms with Crippen LogP contribution in [0.3, 0.4) is 0 Å². The van der Waals surface area contributed by atoms with Gasteiger partial charge >= 0.3 is 194 Å². The number of carbonyl (C=O) groups excluding carboxylic acids is 2. The molecule has 32 heavy (non-hydrogen) atoms. The predicted octanol–water partition coefficient (Wildman–Crippen LogP) is 3.86. The van der Waals surface area contributed by atoms with Crippen LogP contribution in [0.1, 0.15) is 23.2 Å². The normalized spacial score (nSPS) is 11.0. The van der Waals surface area contributed by atoms with Gasteiger partial charge in [-0.2, -0.15) is 0 Å². The average Bonchev–Trinajstić information content (AvgIpc) is 2.88. The Labute approximate surface area is 193 Å². The zero-order valence-corrected chi connectivity index (χ0v) is 20.5. The van der Waals surface area contributed by atoms with E-state index in [9.17, 15) is 9.59 Å². The molecule has 0 fully saturated rings. The van der Waals surface area contributed by atoms with Crippen molar-refractivity contribution in [3.63, 3.8) is 0 Å². The summed E-state index contributed by atoms with van der Waals surface area (Å²) in [4.78, 5) is 25.7. The second-order valence-corrected chi connectivity index (χ2v) is 17.0. The monoisotopic (exact) mass is 528 g/mol. The fourth-order valence-electron chi connectivity index (χ4n) is 3.90. The van der Waals surface area contributed by atoms with Gasteiger partial charge in [0.1, 0.15) is 0 Å². The van der Waals surface area contributed by atoms with Crippen LogP contribution in [0.4, 0.5) is 0 Å². The Morgan fingerprint density at radius 2 is 0.906 bits per heavy atom. The minimum absolute atomic E-state index is 0.0533. The number of hydrogen-bond acceptors (Lipinski definition) is 3. The fourth-order valence-corrected chi connectivity index (χ4v) is 14.7. The van der Waals surface area contributed by atoms with Gasteiger partial charge in [-0.3, -0.25) is 0 Å². The quantitative estimate of drug-likeness (QED) is 0.259. The van der Waals surface area contributed by atoms with Gasteiger partial charge in [0.2, 0.25) is 0 Å². The summed E-state index contributed by atoms with van der Waals surface area (Å²) in [6.07, 6.45) is 0.183. The molecule has 0 heterocycles. The zero-order chi connectivity index (χ0) is 22.2. The molecule has 0 atom stereocenters. The zero-order valence-electron chi connectivity index (χ0n) is 17.7. The topological polar surface area (TPSA) is 43.4 Å². The maximum atomic E-state index is 13.2. The van der Waals surface area contributed by atoms with Crippen LogP contribution < -0.4 is 10.7 Å². The first-order chi connectivity index (χ1) is 15.7. The summed E-state index contributed by atoms with van der Waals surface area (Å²) in [7, 11) is 0. The third-order valence-electron chi connectivity index (χ3n) is 5.46. The molecule has 4 aromatic carbocycles. The van der Waals surface area contributed by atoms with Crippen LogP contribution in [0.25, 0.3) is 0 Å². The van der Waals surface area contributed by atoms with E-state index in [-0.39, 0.29) is 24.6 Å². The third-order valence-corrected chi connectivity index (χ3v) is 16.8. The molecule has 0 N–H and O–H groups in total. The van der Waals surface area contributed by atoms with E-state index in [1.807, 2.05) is 72.8 Å². The summed E-state index contributed by atoms with van der Waals surface area (Å²) >= 11 is -4.12. The van der Waals surface area contributed by atoms with Crippen LogP contribution >= 0.6 is 0 Å². The number of ketones is 1. The van der Waals surface area contributed by atoms with Crippen molar-refractivity contribution in [3.05, 3.63) is 127 Å². The van der Waals surface area contributed by atoms with Gasteiger partial charge in [0.25, 0.3) is 0 Å². The molecule has 4 rings (SSSR count). The molecule has 0 saturated heterocycles.